The number of likely N-dealkylation sites (tertiary alicyclic amines) is 1. The van der Waals surface area contributed by atoms with Gasteiger partial charge in [0.1, 0.15) is 0 Å². The summed E-state index contributed by atoms with van der Waals surface area (Å²) in [6, 6.07) is 5.33. The number of benzene rings is 1. The SMILES string of the molecule is NC(=O)C1CCCN(C(=O)CCn2cnc3ccc(Br)cc3c2=O)C1. The van der Waals surface area contributed by atoms with Crippen LogP contribution in [0.1, 0.15) is 19.3 Å². The zero-order valence-corrected chi connectivity index (χ0v) is 15.2. The summed E-state index contributed by atoms with van der Waals surface area (Å²) in [5.74, 6) is -0.717. The van der Waals surface area contributed by atoms with Crippen molar-refractivity contribution in [2.24, 2.45) is 11.7 Å². The average Bonchev–Trinajstić information content (AvgIpc) is 2.61. The fourth-order valence-corrected chi connectivity index (χ4v) is 3.46. The first kappa shape index (κ1) is 17.6. The quantitative estimate of drug-likeness (QED) is 0.826. The summed E-state index contributed by atoms with van der Waals surface area (Å²) < 4.78 is 2.25. The maximum atomic E-state index is 12.5. The maximum absolute atomic E-state index is 12.5. The van der Waals surface area contributed by atoms with Crippen LogP contribution in [0.15, 0.2) is 33.8 Å². The van der Waals surface area contributed by atoms with Crippen LogP contribution in [0.3, 0.4) is 0 Å². The monoisotopic (exact) mass is 406 g/mol. The van der Waals surface area contributed by atoms with Gasteiger partial charge in [0.05, 0.1) is 23.1 Å². The Bertz CT molecular complexity index is 880. The van der Waals surface area contributed by atoms with Crippen LogP contribution in [-0.2, 0) is 16.1 Å². The first-order chi connectivity index (χ1) is 12.0. The molecule has 2 heterocycles. The van der Waals surface area contributed by atoms with Gasteiger partial charge < -0.3 is 10.6 Å². The summed E-state index contributed by atoms with van der Waals surface area (Å²) in [4.78, 5) is 42.2. The normalized spacial score (nSPS) is 17.6. The molecule has 1 atom stereocenters. The molecule has 0 spiro atoms. The van der Waals surface area contributed by atoms with Gasteiger partial charge in [-0.15, -0.1) is 0 Å². The van der Waals surface area contributed by atoms with Crippen molar-refractivity contribution in [3.63, 3.8) is 0 Å². The molecule has 1 saturated heterocycles. The number of primary amides is 1. The predicted molar refractivity (Wildman–Crippen MR) is 96.8 cm³/mol. The number of hydrogen-bond donors (Lipinski definition) is 1. The number of nitrogens with two attached hydrogens (primary N) is 1. The minimum atomic E-state index is -0.363. The number of carbonyl (C=O) groups excluding carboxylic acids is 2. The van der Waals surface area contributed by atoms with E-state index < -0.39 is 0 Å². The highest BCUT2D eigenvalue weighted by molar-refractivity contribution is 9.10. The van der Waals surface area contributed by atoms with E-state index in [1.807, 2.05) is 6.07 Å². The third kappa shape index (κ3) is 3.89. The molecule has 7 nitrogen and oxygen atoms in total. The highest BCUT2D eigenvalue weighted by Gasteiger charge is 2.26. The summed E-state index contributed by atoms with van der Waals surface area (Å²) in [6.07, 6.45) is 3.15. The molecule has 1 aromatic heterocycles. The summed E-state index contributed by atoms with van der Waals surface area (Å²) in [5.41, 5.74) is 5.79. The Morgan fingerprint density at radius 3 is 2.92 bits per heavy atom. The molecular formula is C17H19BrN4O3. The van der Waals surface area contributed by atoms with Gasteiger partial charge in [-0.1, -0.05) is 15.9 Å². The van der Waals surface area contributed by atoms with Crippen LogP contribution in [0.4, 0.5) is 0 Å². The highest BCUT2D eigenvalue weighted by atomic mass is 79.9. The summed E-state index contributed by atoms with van der Waals surface area (Å²) in [7, 11) is 0. The van der Waals surface area contributed by atoms with Crippen molar-refractivity contribution >= 4 is 38.6 Å². The molecule has 2 aromatic rings. The van der Waals surface area contributed by atoms with E-state index >= 15 is 0 Å². The second-order valence-corrected chi connectivity index (χ2v) is 7.15. The molecular weight excluding hydrogens is 388 g/mol. The van der Waals surface area contributed by atoms with Crippen LogP contribution >= 0.6 is 15.9 Å². The van der Waals surface area contributed by atoms with Crippen molar-refractivity contribution in [3.8, 4) is 0 Å². The van der Waals surface area contributed by atoms with E-state index in [4.69, 9.17) is 5.73 Å². The molecule has 3 rings (SSSR count). The van der Waals surface area contributed by atoms with Crippen LogP contribution in [0, 0.1) is 5.92 Å². The lowest BCUT2D eigenvalue weighted by molar-refractivity contribution is -0.135. The zero-order chi connectivity index (χ0) is 18.0. The number of aryl methyl sites for hydroxylation is 1. The number of halogens is 1. The molecule has 1 aliphatic rings. The van der Waals surface area contributed by atoms with Gasteiger partial charge in [-0.05, 0) is 31.0 Å². The molecule has 0 bridgehead atoms. The highest BCUT2D eigenvalue weighted by Crippen LogP contribution is 2.17. The maximum Gasteiger partial charge on any atom is 0.261 e. The van der Waals surface area contributed by atoms with E-state index in [2.05, 4.69) is 20.9 Å². The topological polar surface area (TPSA) is 98.3 Å². The Morgan fingerprint density at radius 1 is 1.36 bits per heavy atom. The third-order valence-electron chi connectivity index (χ3n) is 4.53. The van der Waals surface area contributed by atoms with Crippen LogP contribution in [0.2, 0.25) is 0 Å². The Hall–Kier alpha value is -2.22. The van der Waals surface area contributed by atoms with Gasteiger partial charge in [-0.25, -0.2) is 4.98 Å². The predicted octanol–water partition coefficient (Wildman–Crippen LogP) is 1.27. The van der Waals surface area contributed by atoms with Crippen molar-refractivity contribution in [2.45, 2.75) is 25.8 Å². The summed E-state index contributed by atoms with van der Waals surface area (Å²) in [6.45, 7) is 1.25. The lowest BCUT2D eigenvalue weighted by atomic mass is 9.97. The van der Waals surface area contributed by atoms with Gasteiger partial charge in [0.15, 0.2) is 0 Å². The molecule has 2 amide bonds. The molecule has 2 N–H and O–H groups in total. The largest absolute Gasteiger partial charge is 0.369 e. The second-order valence-electron chi connectivity index (χ2n) is 6.24. The van der Waals surface area contributed by atoms with E-state index in [-0.39, 0.29) is 36.3 Å². The van der Waals surface area contributed by atoms with Crippen molar-refractivity contribution in [2.75, 3.05) is 13.1 Å². The Labute approximate surface area is 152 Å². The lowest BCUT2D eigenvalue weighted by Crippen LogP contribution is -2.44. The Morgan fingerprint density at radius 2 is 2.16 bits per heavy atom. The molecule has 0 aliphatic carbocycles. The summed E-state index contributed by atoms with van der Waals surface area (Å²) in [5, 5.41) is 0.510. The molecule has 1 fully saturated rings. The Kier molecular flexibility index (Phi) is 5.17. The van der Waals surface area contributed by atoms with E-state index in [1.54, 1.807) is 17.0 Å². The zero-order valence-electron chi connectivity index (χ0n) is 13.7. The minimum Gasteiger partial charge on any atom is -0.369 e. The molecule has 0 radical (unpaired) electrons. The first-order valence-electron chi connectivity index (χ1n) is 8.17. The van der Waals surface area contributed by atoms with Crippen molar-refractivity contribution < 1.29 is 9.59 Å². The van der Waals surface area contributed by atoms with Gasteiger partial charge in [0.2, 0.25) is 11.8 Å². The number of carbonyl (C=O) groups is 2. The standard InChI is InChI=1S/C17H19BrN4O3/c18-12-3-4-14-13(8-12)17(25)22(10-20-14)7-5-15(23)21-6-1-2-11(9-21)16(19)24/h3-4,8,10-11H,1-2,5-7,9H2,(H2,19,24). The van der Waals surface area contributed by atoms with Crippen molar-refractivity contribution in [1.82, 2.24) is 14.5 Å². The third-order valence-corrected chi connectivity index (χ3v) is 5.02. The number of hydrogen-bond acceptors (Lipinski definition) is 4. The fourth-order valence-electron chi connectivity index (χ4n) is 3.10. The first-order valence-corrected chi connectivity index (χ1v) is 8.97. The van der Waals surface area contributed by atoms with Crippen LogP contribution in [-0.4, -0.2) is 39.4 Å². The van der Waals surface area contributed by atoms with E-state index in [0.29, 0.717) is 24.0 Å². The lowest BCUT2D eigenvalue weighted by Gasteiger charge is -2.31. The van der Waals surface area contributed by atoms with Crippen LogP contribution in [0.25, 0.3) is 10.9 Å². The average molecular weight is 407 g/mol. The van der Waals surface area contributed by atoms with Gasteiger partial charge >= 0.3 is 0 Å². The molecule has 1 aliphatic heterocycles. The van der Waals surface area contributed by atoms with Crippen molar-refractivity contribution in [3.05, 3.63) is 39.4 Å². The molecule has 0 saturated carbocycles. The van der Waals surface area contributed by atoms with E-state index in [1.165, 1.54) is 10.9 Å². The number of piperidine rings is 1. The van der Waals surface area contributed by atoms with Crippen LogP contribution < -0.4 is 11.3 Å². The van der Waals surface area contributed by atoms with Gasteiger partial charge in [0.25, 0.3) is 5.56 Å². The number of aromatic nitrogens is 2. The molecule has 1 unspecified atom stereocenters. The number of fused-ring (bicyclic) bond motifs is 1. The molecule has 132 valence electrons. The Balaban J connectivity index is 1.70. The molecule has 8 heteroatoms. The number of rotatable bonds is 4. The van der Waals surface area contributed by atoms with Crippen LogP contribution in [0.5, 0.6) is 0 Å². The number of nitrogens with zero attached hydrogens (tertiary/aromatic N) is 3. The van der Waals surface area contributed by atoms with Gasteiger partial charge in [0, 0.05) is 30.5 Å². The fraction of sp³-hybridized carbons (Fsp3) is 0.412. The van der Waals surface area contributed by atoms with Gasteiger partial charge in [-0.3, -0.25) is 19.0 Å². The smallest absolute Gasteiger partial charge is 0.261 e. The van der Waals surface area contributed by atoms with Gasteiger partial charge in [-0.2, -0.15) is 0 Å². The molecule has 1 aromatic carbocycles. The van der Waals surface area contributed by atoms with E-state index in [0.717, 1.165) is 17.3 Å². The van der Waals surface area contributed by atoms with Crippen molar-refractivity contribution in [1.29, 1.82) is 0 Å². The van der Waals surface area contributed by atoms with E-state index in [9.17, 15) is 14.4 Å². The minimum absolute atomic E-state index is 0.0767. The number of amides is 2. The summed E-state index contributed by atoms with van der Waals surface area (Å²) >= 11 is 3.35. The molecule has 25 heavy (non-hydrogen) atoms. The second kappa shape index (κ2) is 7.35.